The third-order valence-corrected chi connectivity index (χ3v) is 5.12. The molecule has 0 aromatic heterocycles. The van der Waals surface area contributed by atoms with E-state index < -0.39 is 10.0 Å². The summed E-state index contributed by atoms with van der Waals surface area (Å²) in [6.45, 7) is 0. The molecule has 1 amide bonds. The lowest BCUT2D eigenvalue weighted by Gasteiger charge is -2.28. The summed E-state index contributed by atoms with van der Waals surface area (Å²) < 4.78 is 24.7. The average Bonchev–Trinajstić information content (AvgIpc) is 2.78. The van der Waals surface area contributed by atoms with E-state index in [1.165, 1.54) is 12.8 Å². The molecule has 0 saturated carbocycles. The smallest absolute Gasteiger partial charge is 0.229 e. The molecule has 2 bridgehead atoms. The maximum atomic E-state index is 12.2. The third kappa shape index (κ3) is 4.68. The standard InChI is InChI=1S/C16H23N3O3S/c1-23(21,22)19-13-4-2-12(3-5-13)18-16(20)10-11-8-14-6-7-15(9-11)17-14/h2-5,11,14-15,17,19H,6-10H2,1H3,(H,18,20). The summed E-state index contributed by atoms with van der Waals surface area (Å²) in [6, 6.07) is 7.87. The average molecular weight is 337 g/mol. The summed E-state index contributed by atoms with van der Waals surface area (Å²) in [4.78, 5) is 12.2. The van der Waals surface area contributed by atoms with Crippen LogP contribution in [0.15, 0.2) is 24.3 Å². The fourth-order valence-electron chi connectivity index (χ4n) is 3.65. The Morgan fingerprint density at radius 2 is 1.70 bits per heavy atom. The molecule has 23 heavy (non-hydrogen) atoms. The summed E-state index contributed by atoms with van der Waals surface area (Å²) in [5.41, 5.74) is 1.17. The van der Waals surface area contributed by atoms with E-state index in [1.54, 1.807) is 24.3 Å². The molecule has 2 atom stereocenters. The molecule has 2 aliphatic rings. The van der Waals surface area contributed by atoms with Crippen molar-refractivity contribution in [3.8, 4) is 0 Å². The van der Waals surface area contributed by atoms with Crippen molar-refractivity contribution in [2.45, 2.75) is 44.2 Å². The molecular formula is C16H23N3O3S. The van der Waals surface area contributed by atoms with Crippen molar-refractivity contribution in [2.75, 3.05) is 16.3 Å². The molecule has 2 unspecified atom stereocenters. The van der Waals surface area contributed by atoms with Crippen molar-refractivity contribution >= 4 is 27.3 Å². The van der Waals surface area contributed by atoms with Crippen LogP contribution in [0.1, 0.15) is 32.1 Å². The first-order valence-corrected chi connectivity index (χ1v) is 9.90. The minimum atomic E-state index is -3.28. The van der Waals surface area contributed by atoms with Crippen molar-refractivity contribution in [3.05, 3.63) is 24.3 Å². The maximum absolute atomic E-state index is 12.2. The topological polar surface area (TPSA) is 87.3 Å². The van der Waals surface area contributed by atoms with E-state index in [9.17, 15) is 13.2 Å². The van der Waals surface area contributed by atoms with Crippen LogP contribution in [0.25, 0.3) is 0 Å². The number of benzene rings is 1. The number of nitrogens with one attached hydrogen (secondary N) is 3. The van der Waals surface area contributed by atoms with Crippen LogP contribution < -0.4 is 15.4 Å². The number of hydrogen-bond acceptors (Lipinski definition) is 4. The van der Waals surface area contributed by atoms with Crippen LogP contribution in [-0.4, -0.2) is 32.7 Å². The van der Waals surface area contributed by atoms with E-state index in [1.807, 2.05) is 0 Å². The van der Waals surface area contributed by atoms with Gasteiger partial charge in [-0.15, -0.1) is 0 Å². The van der Waals surface area contributed by atoms with Gasteiger partial charge >= 0.3 is 0 Å². The Hall–Kier alpha value is -1.60. The second kappa shape index (κ2) is 6.49. The first kappa shape index (κ1) is 16.3. The highest BCUT2D eigenvalue weighted by Gasteiger charge is 2.34. The summed E-state index contributed by atoms with van der Waals surface area (Å²) in [7, 11) is -3.28. The van der Waals surface area contributed by atoms with E-state index >= 15 is 0 Å². The molecule has 2 heterocycles. The number of fused-ring (bicyclic) bond motifs is 2. The first-order valence-electron chi connectivity index (χ1n) is 8.01. The van der Waals surface area contributed by atoms with Gasteiger partial charge in [-0.2, -0.15) is 0 Å². The lowest BCUT2D eigenvalue weighted by molar-refractivity contribution is -0.117. The Balaban J connectivity index is 1.51. The number of anilines is 2. The van der Waals surface area contributed by atoms with Crippen molar-refractivity contribution in [1.82, 2.24) is 5.32 Å². The van der Waals surface area contributed by atoms with Crippen molar-refractivity contribution in [3.63, 3.8) is 0 Å². The molecule has 126 valence electrons. The molecule has 2 saturated heterocycles. The molecule has 3 rings (SSSR count). The molecule has 0 spiro atoms. The number of rotatable bonds is 5. The summed E-state index contributed by atoms with van der Waals surface area (Å²) >= 11 is 0. The molecule has 0 aliphatic carbocycles. The van der Waals surface area contributed by atoms with E-state index in [2.05, 4.69) is 15.4 Å². The highest BCUT2D eigenvalue weighted by Crippen LogP contribution is 2.32. The van der Waals surface area contributed by atoms with Gasteiger partial charge in [-0.25, -0.2) is 8.42 Å². The van der Waals surface area contributed by atoms with Crippen LogP contribution >= 0.6 is 0 Å². The Labute approximate surface area is 137 Å². The highest BCUT2D eigenvalue weighted by molar-refractivity contribution is 7.92. The molecular weight excluding hydrogens is 314 g/mol. The van der Waals surface area contributed by atoms with Gasteiger partial charge in [0.25, 0.3) is 0 Å². The molecule has 3 N–H and O–H groups in total. The fraction of sp³-hybridized carbons (Fsp3) is 0.562. The third-order valence-electron chi connectivity index (χ3n) is 4.52. The van der Waals surface area contributed by atoms with Gasteiger partial charge in [0.05, 0.1) is 6.26 Å². The lowest BCUT2D eigenvalue weighted by Crippen LogP contribution is -2.39. The van der Waals surface area contributed by atoms with Gasteiger partial charge in [0.15, 0.2) is 0 Å². The van der Waals surface area contributed by atoms with Crippen LogP contribution in [0.5, 0.6) is 0 Å². The lowest BCUT2D eigenvalue weighted by atomic mass is 9.89. The summed E-state index contributed by atoms with van der Waals surface area (Å²) in [5.74, 6) is 0.486. The Kier molecular flexibility index (Phi) is 4.59. The molecule has 1 aromatic carbocycles. The van der Waals surface area contributed by atoms with Crippen LogP contribution in [0, 0.1) is 5.92 Å². The number of carbonyl (C=O) groups excluding carboxylic acids is 1. The van der Waals surface area contributed by atoms with Crippen LogP contribution in [0.4, 0.5) is 11.4 Å². The Bertz CT molecular complexity index is 660. The quantitative estimate of drug-likeness (QED) is 0.766. The maximum Gasteiger partial charge on any atom is 0.229 e. The zero-order valence-electron chi connectivity index (χ0n) is 13.2. The zero-order valence-corrected chi connectivity index (χ0v) is 14.0. The van der Waals surface area contributed by atoms with E-state index in [4.69, 9.17) is 0 Å². The SMILES string of the molecule is CS(=O)(=O)Nc1ccc(NC(=O)CC2CC3CCC(C2)N3)cc1. The van der Waals surface area contributed by atoms with Gasteiger partial charge in [0.2, 0.25) is 15.9 Å². The van der Waals surface area contributed by atoms with Crippen molar-refractivity contribution < 1.29 is 13.2 Å². The highest BCUT2D eigenvalue weighted by atomic mass is 32.2. The number of hydrogen-bond donors (Lipinski definition) is 3. The second-order valence-electron chi connectivity index (χ2n) is 6.68. The number of sulfonamides is 1. The molecule has 2 fully saturated rings. The van der Waals surface area contributed by atoms with E-state index in [0.29, 0.717) is 35.8 Å². The van der Waals surface area contributed by atoms with Crippen molar-refractivity contribution in [2.24, 2.45) is 5.92 Å². The van der Waals surface area contributed by atoms with Crippen LogP contribution in [0.2, 0.25) is 0 Å². The molecule has 2 aliphatic heterocycles. The largest absolute Gasteiger partial charge is 0.326 e. The normalized spacial score (nSPS) is 26.7. The fourth-order valence-corrected chi connectivity index (χ4v) is 4.22. The predicted octanol–water partition coefficient (Wildman–Crippen LogP) is 1.92. The minimum absolute atomic E-state index is 0.0279. The second-order valence-corrected chi connectivity index (χ2v) is 8.43. The predicted molar refractivity (Wildman–Crippen MR) is 90.8 cm³/mol. The Morgan fingerprint density at radius 3 is 2.26 bits per heavy atom. The van der Waals surface area contributed by atoms with E-state index in [-0.39, 0.29) is 5.91 Å². The van der Waals surface area contributed by atoms with E-state index in [0.717, 1.165) is 19.1 Å². The van der Waals surface area contributed by atoms with Crippen LogP contribution in [-0.2, 0) is 14.8 Å². The van der Waals surface area contributed by atoms with Crippen molar-refractivity contribution in [1.29, 1.82) is 0 Å². The van der Waals surface area contributed by atoms with Gasteiger partial charge in [-0.1, -0.05) is 0 Å². The molecule has 0 radical (unpaired) electrons. The minimum Gasteiger partial charge on any atom is -0.326 e. The van der Waals surface area contributed by atoms with Gasteiger partial charge in [-0.05, 0) is 55.9 Å². The number of carbonyl (C=O) groups is 1. The number of amides is 1. The number of piperidine rings is 1. The van der Waals surface area contributed by atoms with Gasteiger partial charge in [-0.3, -0.25) is 9.52 Å². The Morgan fingerprint density at radius 1 is 1.13 bits per heavy atom. The van der Waals surface area contributed by atoms with Gasteiger partial charge < -0.3 is 10.6 Å². The molecule has 7 heteroatoms. The monoisotopic (exact) mass is 337 g/mol. The van der Waals surface area contributed by atoms with Gasteiger partial charge in [0.1, 0.15) is 0 Å². The van der Waals surface area contributed by atoms with Crippen LogP contribution in [0.3, 0.4) is 0 Å². The summed E-state index contributed by atoms with van der Waals surface area (Å²) in [5, 5.41) is 6.47. The summed E-state index contributed by atoms with van der Waals surface area (Å²) in [6.07, 6.45) is 6.30. The zero-order chi connectivity index (χ0) is 16.4. The van der Waals surface area contributed by atoms with Gasteiger partial charge in [0, 0.05) is 29.9 Å². The molecule has 6 nitrogen and oxygen atoms in total. The first-order chi connectivity index (χ1) is 10.9. The molecule has 1 aromatic rings.